The van der Waals surface area contributed by atoms with Crippen LogP contribution in [0.2, 0.25) is 0 Å². The predicted molar refractivity (Wildman–Crippen MR) is 73.5 cm³/mol. The zero-order chi connectivity index (χ0) is 14.3. The van der Waals surface area contributed by atoms with Gasteiger partial charge in [-0.1, -0.05) is 20.8 Å². The molecule has 0 spiro atoms. The molecule has 1 saturated carbocycles. The topological polar surface area (TPSA) is 58.6 Å². The minimum absolute atomic E-state index is 0.0508. The monoisotopic (exact) mass is 259 g/mol. The minimum Gasteiger partial charge on any atom is -0.444 e. The van der Waals surface area contributed by atoms with Gasteiger partial charge in [0.25, 0.3) is 0 Å². The van der Waals surface area contributed by atoms with E-state index in [1.807, 2.05) is 34.6 Å². The number of carbonyl (C=O) groups is 1. The molecule has 18 heavy (non-hydrogen) atoms. The Bertz CT molecular complexity index is 248. The average molecular weight is 259 g/mol. The molecule has 0 aromatic heterocycles. The Labute approximate surface area is 111 Å². The third-order valence-corrected chi connectivity index (χ3v) is 2.87. The fraction of sp³-hybridized carbons (Fsp3) is 0.929. The average Bonchev–Trinajstić information content (AvgIpc) is 2.58. The molecule has 1 fully saturated rings. The maximum atomic E-state index is 11.6. The maximum Gasteiger partial charge on any atom is 0.407 e. The van der Waals surface area contributed by atoms with Gasteiger partial charge in [0, 0.05) is 18.6 Å². The largest absolute Gasteiger partial charge is 0.444 e. The molecule has 1 aliphatic carbocycles. The van der Waals surface area contributed by atoms with Crippen LogP contribution in [0.4, 0.5) is 4.79 Å². The lowest BCUT2D eigenvalue weighted by atomic mass is 10.1. The van der Waals surface area contributed by atoms with E-state index >= 15 is 0 Å². The van der Waals surface area contributed by atoms with Gasteiger partial charge >= 0.3 is 6.09 Å². The Hall–Kier alpha value is -0.770. The van der Waals surface area contributed by atoms with E-state index in [4.69, 9.17) is 4.74 Å². The second kappa shape index (κ2) is 7.62. The number of aliphatic hydroxyl groups is 1. The summed E-state index contributed by atoms with van der Waals surface area (Å²) < 4.78 is 5.20. The molecule has 0 heterocycles. The number of amides is 1. The summed E-state index contributed by atoms with van der Waals surface area (Å²) in [5.74, 6) is 0.722. The van der Waals surface area contributed by atoms with Crippen LogP contribution in [-0.4, -0.2) is 29.4 Å². The van der Waals surface area contributed by atoms with Gasteiger partial charge in [-0.25, -0.2) is 4.79 Å². The summed E-state index contributed by atoms with van der Waals surface area (Å²) in [5, 5.41) is 12.1. The van der Waals surface area contributed by atoms with Crippen LogP contribution in [-0.2, 0) is 4.74 Å². The van der Waals surface area contributed by atoms with Crippen molar-refractivity contribution in [1.82, 2.24) is 5.32 Å². The van der Waals surface area contributed by atoms with Crippen LogP contribution in [0.5, 0.6) is 0 Å². The van der Waals surface area contributed by atoms with Gasteiger partial charge in [0.05, 0.1) is 0 Å². The van der Waals surface area contributed by atoms with Crippen LogP contribution in [0.1, 0.15) is 54.4 Å². The van der Waals surface area contributed by atoms with Crippen LogP contribution >= 0.6 is 0 Å². The number of rotatable bonds is 2. The van der Waals surface area contributed by atoms with Gasteiger partial charge in [-0.2, -0.15) is 0 Å². The van der Waals surface area contributed by atoms with E-state index in [-0.39, 0.29) is 24.7 Å². The van der Waals surface area contributed by atoms with Gasteiger partial charge in [-0.15, -0.1) is 0 Å². The van der Waals surface area contributed by atoms with Crippen LogP contribution in [0.25, 0.3) is 0 Å². The van der Waals surface area contributed by atoms with Gasteiger partial charge in [0.15, 0.2) is 0 Å². The zero-order valence-corrected chi connectivity index (χ0v) is 12.6. The molecule has 0 saturated heterocycles. The molecule has 0 aliphatic heterocycles. The van der Waals surface area contributed by atoms with Crippen molar-refractivity contribution in [2.45, 2.75) is 66.0 Å². The van der Waals surface area contributed by atoms with E-state index in [0.717, 1.165) is 12.8 Å². The first-order chi connectivity index (χ1) is 8.31. The first-order valence-electron chi connectivity index (χ1n) is 6.92. The molecule has 4 heteroatoms. The molecule has 4 nitrogen and oxygen atoms in total. The Morgan fingerprint density at radius 3 is 2.33 bits per heavy atom. The molecular formula is C14H29NO3. The Balaban J connectivity index is 0.00000137. The van der Waals surface area contributed by atoms with Crippen LogP contribution in [0.15, 0.2) is 0 Å². The first kappa shape index (κ1) is 17.2. The molecule has 3 atom stereocenters. The highest BCUT2D eigenvalue weighted by Crippen LogP contribution is 2.30. The number of hydrogen-bond donors (Lipinski definition) is 2. The summed E-state index contributed by atoms with van der Waals surface area (Å²) in [7, 11) is 0. The van der Waals surface area contributed by atoms with Crippen LogP contribution in [0, 0.1) is 11.8 Å². The maximum absolute atomic E-state index is 11.6. The molecule has 0 unspecified atom stereocenters. The van der Waals surface area contributed by atoms with Gasteiger partial charge in [0.1, 0.15) is 5.60 Å². The Kier molecular flexibility index (Phi) is 7.29. The van der Waals surface area contributed by atoms with Crippen LogP contribution < -0.4 is 5.32 Å². The molecule has 1 amide bonds. The third kappa shape index (κ3) is 6.24. The smallest absolute Gasteiger partial charge is 0.407 e. The van der Waals surface area contributed by atoms with E-state index in [0.29, 0.717) is 5.92 Å². The highest BCUT2D eigenvalue weighted by Gasteiger charge is 2.33. The SMILES string of the molecule is CC.C[C@@H]1C[C@@H](CO)[C@H](NC(=O)OC(C)(C)C)C1. The van der Waals surface area contributed by atoms with Crippen molar-refractivity contribution >= 4 is 6.09 Å². The number of ether oxygens (including phenoxy) is 1. The second-order valence-corrected chi connectivity index (χ2v) is 5.77. The molecule has 0 aromatic carbocycles. The number of aliphatic hydroxyl groups excluding tert-OH is 1. The number of alkyl carbamates (subject to hydrolysis) is 1. The van der Waals surface area contributed by atoms with E-state index in [1.165, 1.54) is 0 Å². The first-order valence-corrected chi connectivity index (χ1v) is 6.92. The van der Waals surface area contributed by atoms with Gasteiger partial charge in [-0.3, -0.25) is 0 Å². The van der Waals surface area contributed by atoms with E-state index in [1.54, 1.807) is 0 Å². The molecule has 0 aromatic rings. The number of carbonyl (C=O) groups excluding carboxylic acids is 1. The third-order valence-electron chi connectivity index (χ3n) is 2.87. The lowest BCUT2D eigenvalue weighted by Crippen LogP contribution is -2.41. The summed E-state index contributed by atoms with van der Waals surface area (Å²) in [6, 6.07) is 0.0508. The lowest BCUT2D eigenvalue weighted by molar-refractivity contribution is 0.0482. The van der Waals surface area contributed by atoms with E-state index < -0.39 is 5.60 Å². The summed E-state index contributed by atoms with van der Waals surface area (Å²) in [4.78, 5) is 11.6. The molecule has 2 N–H and O–H groups in total. The normalized spacial score (nSPS) is 27.2. The fourth-order valence-electron chi connectivity index (χ4n) is 2.24. The molecule has 0 bridgehead atoms. The summed E-state index contributed by atoms with van der Waals surface area (Å²) in [6.45, 7) is 11.8. The second-order valence-electron chi connectivity index (χ2n) is 5.77. The highest BCUT2D eigenvalue weighted by molar-refractivity contribution is 5.68. The van der Waals surface area contributed by atoms with Crippen molar-refractivity contribution in [1.29, 1.82) is 0 Å². The summed E-state index contributed by atoms with van der Waals surface area (Å²) in [5.41, 5.74) is -0.469. The van der Waals surface area contributed by atoms with Crippen molar-refractivity contribution in [2.24, 2.45) is 11.8 Å². The Morgan fingerprint density at radius 1 is 1.33 bits per heavy atom. The molecule has 1 aliphatic rings. The zero-order valence-electron chi connectivity index (χ0n) is 12.6. The van der Waals surface area contributed by atoms with Crippen molar-refractivity contribution in [2.75, 3.05) is 6.61 Å². The number of nitrogens with one attached hydrogen (secondary N) is 1. The number of hydrogen-bond acceptors (Lipinski definition) is 3. The molecule has 0 radical (unpaired) electrons. The summed E-state index contributed by atoms with van der Waals surface area (Å²) in [6.07, 6.45) is 1.51. The van der Waals surface area contributed by atoms with E-state index in [2.05, 4.69) is 12.2 Å². The van der Waals surface area contributed by atoms with Gasteiger partial charge in [-0.05, 0) is 39.5 Å². The lowest BCUT2D eigenvalue weighted by Gasteiger charge is -2.23. The Morgan fingerprint density at radius 2 is 1.89 bits per heavy atom. The standard InChI is InChI=1S/C12H23NO3.C2H6/c1-8-5-9(7-14)10(6-8)13-11(15)16-12(2,3)4;1-2/h8-10,14H,5-7H2,1-4H3,(H,13,15);1-2H3/t8-,9+,10-;/m1./s1. The van der Waals surface area contributed by atoms with Crippen molar-refractivity contribution in [3.8, 4) is 0 Å². The van der Waals surface area contributed by atoms with Crippen molar-refractivity contribution in [3.05, 3.63) is 0 Å². The van der Waals surface area contributed by atoms with Crippen molar-refractivity contribution < 1.29 is 14.6 Å². The highest BCUT2D eigenvalue weighted by atomic mass is 16.6. The fourth-order valence-corrected chi connectivity index (χ4v) is 2.24. The minimum atomic E-state index is -0.469. The molecular weight excluding hydrogens is 230 g/mol. The quantitative estimate of drug-likeness (QED) is 0.801. The summed E-state index contributed by atoms with van der Waals surface area (Å²) >= 11 is 0. The van der Waals surface area contributed by atoms with E-state index in [9.17, 15) is 9.90 Å². The predicted octanol–water partition coefficient (Wildman–Crippen LogP) is 2.94. The molecule has 108 valence electrons. The molecule has 1 rings (SSSR count). The van der Waals surface area contributed by atoms with Gasteiger partial charge in [0.2, 0.25) is 0 Å². The van der Waals surface area contributed by atoms with Crippen LogP contribution in [0.3, 0.4) is 0 Å². The van der Waals surface area contributed by atoms with Crippen molar-refractivity contribution in [3.63, 3.8) is 0 Å². The van der Waals surface area contributed by atoms with Gasteiger partial charge < -0.3 is 15.2 Å².